The summed E-state index contributed by atoms with van der Waals surface area (Å²) in [6.45, 7) is 0. The second-order valence-electron chi connectivity index (χ2n) is 4.51. The maximum Gasteiger partial charge on any atom is 0.271 e. The summed E-state index contributed by atoms with van der Waals surface area (Å²) in [5, 5.41) is 23.0. The number of nitrogens with zero attached hydrogens (tertiary/aromatic N) is 2. The van der Waals surface area contributed by atoms with Crippen molar-refractivity contribution in [2.24, 2.45) is 0 Å². The number of aliphatic hydroxyl groups is 1. The van der Waals surface area contributed by atoms with E-state index in [1.54, 1.807) is 6.07 Å². The second-order valence-corrected chi connectivity index (χ2v) is 4.51. The van der Waals surface area contributed by atoms with E-state index < -0.39 is 4.92 Å². The van der Waals surface area contributed by atoms with Crippen LogP contribution in [0.2, 0.25) is 0 Å². The van der Waals surface area contributed by atoms with Gasteiger partial charge in [-0.05, 0) is 18.9 Å². The maximum atomic E-state index is 10.6. The molecule has 7 heteroatoms. The average Bonchev–Trinajstić information content (AvgIpc) is 2.67. The number of non-ortho nitro benzene ring substituents is 1. The first-order chi connectivity index (χ1) is 8.61. The molecule has 1 fully saturated rings. The third-order valence-corrected chi connectivity index (χ3v) is 3.13. The molecule has 7 nitrogen and oxygen atoms in total. The van der Waals surface area contributed by atoms with Crippen molar-refractivity contribution in [3.05, 3.63) is 28.3 Å². The molecule has 94 valence electrons. The van der Waals surface area contributed by atoms with Gasteiger partial charge in [0.1, 0.15) is 0 Å². The Hall–Kier alpha value is -2.15. The summed E-state index contributed by atoms with van der Waals surface area (Å²) in [4.78, 5) is 17.5. The van der Waals surface area contributed by atoms with Crippen LogP contribution in [-0.2, 0) is 0 Å². The lowest BCUT2D eigenvalue weighted by Crippen LogP contribution is -2.39. The maximum absolute atomic E-state index is 10.6. The van der Waals surface area contributed by atoms with Gasteiger partial charge in [0.15, 0.2) is 0 Å². The van der Waals surface area contributed by atoms with Crippen molar-refractivity contribution in [1.29, 1.82) is 0 Å². The highest BCUT2D eigenvalue weighted by Crippen LogP contribution is 2.25. The van der Waals surface area contributed by atoms with E-state index >= 15 is 0 Å². The van der Waals surface area contributed by atoms with Crippen LogP contribution < -0.4 is 5.32 Å². The molecule has 3 N–H and O–H groups in total. The van der Waals surface area contributed by atoms with E-state index in [1.165, 1.54) is 12.1 Å². The number of nitro groups is 1. The molecule has 0 radical (unpaired) electrons. The van der Waals surface area contributed by atoms with Gasteiger partial charge in [-0.2, -0.15) is 0 Å². The van der Waals surface area contributed by atoms with Gasteiger partial charge in [0.05, 0.1) is 22.1 Å². The monoisotopic (exact) mass is 248 g/mol. The van der Waals surface area contributed by atoms with E-state index in [2.05, 4.69) is 15.3 Å². The average molecular weight is 248 g/mol. The van der Waals surface area contributed by atoms with Gasteiger partial charge in [0.2, 0.25) is 5.95 Å². The highest BCUT2D eigenvalue weighted by Gasteiger charge is 2.27. The zero-order valence-corrected chi connectivity index (χ0v) is 9.46. The quantitative estimate of drug-likeness (QED) is 0.562. The van der Waals surface area contributed by atoms with E-state index in [-0.39, 0.29) is 17.8 Å². The summed E-state index contributed by atoms with van der Waals surface area (Å²) in [6, 6.07) is 4.73. The first-order valence-electron chi connectivity index (χ1n) is 5.70. The predicted octanol–water partition coefficient (Wildman–Crippen LogP) is 1.41. The summed E-state index contributed by atoms with van der Waals surface area (Å²) in [6.07, 6.45) is 1.18. The van der Waals surface area contributed by atoms with Gasteiger partial charge in [-0.15, -0.1) is 0 Å². The Balaban J connectivity index is 1.84. The van der Waals surface area contributed by atoms with Crippen LogP contribution in [0.5, 0.6) is 0 Å². The Morgan fingerprint density at radius 3 is 2.94 bits per heavy atom. The molecule has 18 heavy (non-hydrogen) atoms. The number of nitrogens with one attached hydrogen (secondary N) is 2. The topological polar surface area (TPSA) is 104 Å². The van der Waals surface area contributed by atoms with Crippen LogP contribution in [0.4, 0.5) is 11.6 Å². The highest BCUT2D eigenvalue weighted by atomic mass is 16.6. The summed E-state index contributed by atoms with van der Waals surface area (Å²) in [5.41, 5.74) is 1.35. The number of hydrogen-bond acceptors (Lipinski definition) is 5. The van der Waals surface area contributed by atoms with E-state index in [1.807, 2.05) is 0 Å². The molecule has 0 unspecified atom stereocenters. The van der Waals surface area contributed by atoms with E-state index in [0.29, 0.717) is 29.8 Å². The van der Waals surface area contributed by atoms with Crippen molar-refractivity contribution in [3.63, 3.8) is 0 Å². The molecule has 0 bridgehead atoms. The molecule has 0 saturated heterocycles. The molecule has 0 spiro atoms. The number of nitro benzene ring substituents is 1. The Morgan fingerprint density at radius 2 is 2.28 bits per heavy atom. The first kappa shape index (κ1) is 11.0. The summed E-state index contributed by atoms with van der Waals surface area (Å²) < 4.78 is 0. The van der Waals surface area contributed by atoms with Crippen LogP contribution in [0.15, 0.2) is 18.2 Å². The summed E-state index contributed by atoms with van der Waals surface area (Å²) in [5.74, 6) is 0.586. The van der Waals surface area contributed by atoms with Crippen LogP contribution in [0.25, 0.3) is 11.0 Å². The number of imidazole rings is 1. The van der Waals surface area contributed by atoms with Gasteiger partial charge in [-0.3, -0.25) is 10.1 Å². The molecule has 1 aliphatic rings. The Bertz CT molecular complexity index is 603. The Labute approximate surface area is 102 Å². The molecular weight excluding hydrogens is 236 g/mol. The molecule has 0 atom stereocenters. The number of benzene rings is 1. The third kappa shape index (κ3) is 1.88. The lowest BCUT2D eigenvalue weighted by atomic mass is 9.90. The van der Waals surface area contributed by atoms with Gasteiger partial charge in [-0.1, -0.05) is 0 Å². The normalized spacial score (nSPS) is 22.7. The smallest absolute Gasteiger partial charge is 0.271 e. The van der Waals surface area contributed by atoms with Crippen molar-refractivity contribution in [2.45, 2.75) is 25.0 Å². The molecular formula is C11H12N4O3. The summed E-state index contributed by atoms with van der Waals surface area (Å²) >= 11 is 0. The van der Waals surface area contributed by atoms with Gasteiger partial charge in [-0.25, -0.2) is 4.98 Å². The number of aliphatic hydroxyl groups excluding tert-OH is 1. The van der Waals surface area contributed by atoms with Gasteiger partial charge in [0, 0.05) is 18.2 Å². The standard InChI is InChI=1S/C11H12N4O3/c16-8-3-6(4-8)12-11-13-9-2-1-7(15(17)18)5-10(9)14-11/h1-2,5-6,8,16H,3-4H2,(H2,12,13,14). The van der Waals surface area contributed by atoms with Crippen molar-refractivity contribution >= 4 is 22.7 Å². The third-order valence-electron chi connectivity index (χ3n) is 3.13. The molecule has 1 heterocycles. The first-order valence-corrected chi connectivity index (χ1v) is 5.70. The minimum Gasteiger partial charge on any atom is -0.393 e. The fourth-order valence-corrected chi connectivity index (χ4v) is 2.08. The molecule has 1 aromatic carbocycles. The molecule has 0 aliphatic heterocycles. The molecule has 2 aromatic rings. The zero-order chi connectivity index (χ0) is 12.7. The number of aromatic amines is 1. The van der Waals surface area contributed by atoms with Crippen LogP contribution in [0.3, 0.4) is 0 Å². The number of H-pyrrole nitrogens is 1. The van der Waals surface area contributed by atoms with Crippen LogP contribution in [-0.4, -0.2) is 32.1 Å². The molecule has 1 saturated carbocycles. The van der Waals surface area contributed by atoms with Crippen LogP contribution in [0, 0.1) is 10.1 Å². The van der Waals surface area contributed by atoms with E-state index in [0.717, 1.165) is 0 Å². The fourth-order valence-electron chi connectivity index (χ4n) is 2.08. The summed E-state index contributed by atoms with van der Waals surface area (Å²) in [7, 11) is 0. The molecule has 3 rings (SSSR count). The van der Waals surface area contributed by atoms with E-state index in [9.17, 15) is 15.2 Å². The predicted molar refractivity (Wildman–Crippen MR) is 65.4 cm³/mol. The Morgan fingerprint density at radius 1 is 1.50 bits per heavy atom. The number of aromatic nitrogens is 2. The minimum atomic E-state index is -0.435. The largest absolute Gasteiger partial charge is 0.393 e. The number of fused-ring (bicyclic) bond motifs is 1. The van der Waals surface area contributed by atoms with Gasteiger partial charge in [0.25, 0.3) is 5.69 Å². The van der Waals surface area contributed by atoms with E-state index in [4.69, 9.17) is 0 Å². The fraction of sp³-hybridized carbons (Fsp3) is 0.364. The number of rotatable bonds is 3. The second kappa shape index (κ2) is 3.95. The SMILES string of the molecule is O=[N+]([O-])c1ccc2nc(NC3CC(O)C3)[nH]c2c1. The van der Waals surface area contributed by atoms with Gasteiger partial charge < -0.3 is 15.4 Å². The van der Waals surface area contributed by atoms with Gasteiger partial charge >= 0.3 is 0 Å². The zero-order valence-electron chi connectivity index (χ0n) is 9.46. The lowest BCUT2D eigenvalue weighted by Gasteiger charge is -2.31. The van der Waals surface area contributed by atoms with Crippen LogP contribution in [0.1, 0.15) is 12.8 Å². The minimum absolute atomic E-state index is 0.0387. The molecule has 1 aliphatic carbocycles. The molecule has 1 aromatic heterocycles. The van der Waals surface area contributed by atoms with Crippen molar-refractivity contribution in [2.75, 3.05) is 5.32 Å². The molecule has 0 amide bonds. The van der Waals surface area contributed by atoms with Crippen molar-refractivity contribution < 1.29 is 10.0 Å². The number of anilines is 1. The van der Waals surface area contributed by atoms with Crippen LogP contribution >= 0.6 is 0 Å². The highest BCUT2D eigenvalue weighted by molar-refractivity contribution is 5.79. The lowest BCUT2D eigenvalue weighted by molar-refractivity contribution is -0.384. The number of hydrogen-bond donors (Lipinski definition) is 3. The van der Waals surface area contributed by atoms with Crippen molar-refractivity contribution in [1.82, 2.24) is 9.97 Å². The Kier molecular flexibility index (Phi) is 2.41. The van der Waals surface area contributed by atoms with Crippen molar-refractivity contribution in [3.8, 4) is 0 Å².